The summed E-state index contributed by atoms with van der Waals surface area (Å²) in [5.41, 5.74) is 3.15. The lowest BCUT2D eigenvalue weighted by Gasteiger charge is -2.35. The average molecular weight is 514 g/mol. The molecule has 0 bridgehead atoms. The highest BCUT2D eigenvalue weighted by Gasteiger charge is 2.35. The minimum absolute atomic E-state index is 0.0847. The highest BCUT2D eigenvalue weighted by molar-refractivity contribution is 5.81. The second kappa shape index (κ2) is 9.51. The third kappa shape index (κ3) is 4.17. The van der Waals surface area contributed by atoms with Gasteiger partial charge in [0.25, 0.3) is 0 Å². The van der Waals surface area contributed by atoms with Crippen LogP contribution in [0.3, 0.4) is 0 Å². The molecule has 0 amide bonds. The number of nitrogens with zero attached hydrogens (tertiary/aromatic N) is 6. The SMILES string of the molecule is O=C(O)[C@@H]1c2ccccc2CCN1c1nc(-c2cc(-c3ccon3)n(Cc3ccccc3F)n2)ncc1F. The molecule has 5 aromatic rings. The zero-order valence-electron chi connectivity index (χ0n) is 19.8. The average Bonchev–Trinajstić information content (AvgIpc) is 3.60. The summed E-state index contributed by atoms with van der Waals surface area (Å²) >= 11 is 0. The fraction of sp³-hybridized carbons (Fsp3) is 0.148. The molecule has 6 rings (SSSR count). The molecule has 3 aromatic heterocycles. The van der Waals surface area contributed by atoms with Crippen LogP contribution in [0.15, 0.2) is 77.6 Å². The molecule has 1 aliphatic heterocycles. The Morgan fingerprint density at radius 3 is 2.66 bits per heavy atom. The number of carbonyl (C=O) groups is 1. The molecule has 0 unspecified atom stereocenters. The van der Waals surface area contributed by atoms with Crippen molar-refractivity contribution in [2.24, 2.45) is 0 Å². The van der Waals surface area contributed by atoms with Crippen molar-refractivity contribution in [3.8, 4) is 22.9 Å². The zero-order chi connectivity index (χ0) is 26.2. The van der Waals surface area contributed by atoms with Gasteiger partial charge in [-0.25, -0.2) is 23.5 Å². The van der Waals surface area contributed by atoms with E-state index in [1.54, 1.807) is 42.5 Å². The molecule has 0 aliphatic carbocycles. The molecule has 0 fully saturated rings. The minimum Gasteiger partial charge on any atom is -0.479 e. The lowest BCUT2D eigenvalue weighted by atomic mass is 9.92. The third-order valence-electron chi connectivity index (χ3n) is 6.50. The van der Waals surface area contributed by atoms with Gasteiger partial charge in [-0.15, -0.1) is 0 Å². The first-order valence-electron chi connectivity index (χ1n) is 11.8. The fourth-order valence-electron chi connectivity index (χ4n) is 4.73. The first kappa shape index (κ1) is 23.5. The van der Waals surface area contributed by atoms with E-state index in [1.165, 1.54) is 21.9 Å². The number of fused-ring (bicyclic) bond motifs is 1. The van der Waals surface area contributed by atoms with E-state index in [9.17, 15) is 14.3 Å². The van der Waals surface area contributed by atoms with Gasteiger partial charge in [0.15, 0.2) is 23.5 Å². The first-order valence-corrected chi connectivity index (χ1v) is 11.8. The van der Waals surface area contributed by atoms with E-state index >= 15 is 4.39 Å². The Labute approximate surface area is 215 Å². The van der Waals surface area contributed by atoms with E-state index in [-0.39, 0.29) is 36.2 Å². The molecule has 0 spiro atoms. The second-order valence-corrected chi connectivity index (χ2v) is 8.80. The quantitative estimate of drug-likeness (QED) is 0.353. The fourth-order valence-corrected chi connectivity index (χ4v) is 4.73. The van der Waals surface area contributed by atoms with Crippen LogP contribution in [0.5, 0.6) is 0 Å². The Bertz CT molecular complexity index is 1640. The zero-order valence-corrected chi connectivity index (χ0v) is 19.8. The molecule has 0 radical (unpaired) electrons. The number of aliphatic carboxylic acids is 1. The number of halogens is 2. The van der Waals surface area contributed by atoms with Gasteiger partial charge in [-0.3, -0.25) is 4.68 Å². The van der Waals surface area contributed by atoms with Crippen LogP contribution < -0.4 is 4.90 Å². The Hall–Kier alpha value is -4.93. The number of hydrogen-bond acceptors (Lipinski definition) is 7. The highest BCUT2D eigenvalue weighted by atomic mass is 19.1. The number of aromatic nitrogens is 5. The van der Waals surface area contributed by atoms with Gasteiger partial charge in [-0.2, -0.15) is 5.10 Å². The maximum atomic E-state index is 15.1. The van der Waals surface area contributed by atoms with Gasteiger partial charge in [0.05, 0.1) is 18.4 Å². The normalized spacial score (nSPS) is 14.9. The summed E-state index contributed by atoms with van der Waals surface area (Å²) in [7, 11) is 0. The molecule has 2 aromatic carbocycles. The summed E-state index contributed by atoms with van der Waals surface area (Å²) in [4.78, 5) is 22.2. The molecule has 1 N–H and O–H groups in total. The van der Waals surface area contributed by atoms with Crippen molar-refractivity contribution < 1.29 is 23.2 Å². The predicted octanol–water partition coefficient (Wildman–Crippen LogP) is 4.51. The molecule has 0 saturated carbocycles. The highest BCUT2D eigenvalue weighted by Crippen LogP contribution is 2.35. The van der Waals surface area contributed by atoms with Crippen LogP contribution >= 0.6 is 0 Å². The van der Waals surface area contributed by atoms with Gasteiger partial charge in [-0.05, 0) is 29.7 Å². The Balaban J connectivity index is 1.42. The van der Waals surface area contributed by atoms with Crippen LogP contribution in [0.4, 0.5) is 14.6 Å². The summed E-state index contributed by atoms with van der Waals surface area (Å²) in [6, 6.07) is 15.7. The third-order valence-corrected chi connectivity index (χ3v) is 6.50. The van der Waals surface area contributed by atoms with Crippen molar-refractivity contribution >= 4 is 11.8 Å². The summed E-state index contributed by atoms with van der Waals surface area (Å²) in [6.07, 6.45) is 2.94. The van der Waals surface area contributed by atoms with Crippen molar-refractivity contribution in [2.45, 2.75) is 19.0 Å². The van der Waals surface area contributed by atoms with Crippen molar-refractivity contribution in [3.05, 3.63) is 101 Å². The van der Waals surface area contributed by atoms with E-state index in [0.29, 0.717) is 28.9 Å². The van der Waals surface area contributed by atoms with Crippen molar-refractivity contribution in [2.75, 3.05) is 11.4 Å². The van der Waals surface area contributed by atoms with E-state index in [0.717, 1.165) is 11.8 Å². The van der Waals surface area contributed by atoms with Gasteiger partial charge < -0.3 is 14.5 Å². The van der Waals surface area contributed by atoms with E-state index < -0.39 is 17.8 Å². The lowest BCUT2D eigenvalue weighted by Crippen LogP contribution is -2.40. The lowest BCUT2D eigenvalue weighted by molar-refractivity contribution is -0.138. The van der Waals surface area contributed by atoms with E-state index in [2.05, 4.69) is 20.2 Å². The van der Waals surface area contributed by atoms with Crippen molar-refractivity contribution in [1.29, 1.82) is 0 Å². The van der Waals surface area contributed by atoms with Crippen LogP contribution in [0, 0.1) is 11.6 Å². The summed E-state index contributed by atoms with van der Waals surface area (Å²) in [6.45, 7) is 0.347. The van der Waals surface area contributed by atoms with Crippen molar-refractivity contribution in [1.82, 2.24) is 24.9 Å². The Morgan fingerprint density at radius 2 is 1.87 bits per heavy atom. The number of hydrogen-bond donors (Lipinski definition) is 1. The molecule has 1 aliphatic rings. The molecule has 1 atom stereocenters. The van der Waals surface area contributed by atoms with E-state index in [4.69, 9.17) is 4.52 Å². The van der Waals surface area contributed by atoms with Crippen LogP contribution in [0.1, 0.15) is 22.7 Å². The largest absolute Gasteiger partial charge is 0.479 e. The number of benzene rings is 2. The number of anilines is 1. The molecule has 4 heterocycles. The summed E-state index contributed by atoms with van der Waals surface area (Å²) in [5.74, 6) is -2.30. The van der Waals surface area contributed by atoms with Gasteiger partial charge in [0.2, 0.25) is 0 Å². The van der Waals surface area contributed by atoms with Gasteiger partial charge in [0.1, 0.15) is 23.5 Å². The van der Waals surface area contributed by atoms with Crippen LogP contribution in [0.25, 0.3) is 22.9 Å². The number of rotatable bonds is 6. The number of carboxylic acids is 1. The number of carboxylic acid groups (broad SMARTS) is 1. The maximum Gasteiger partial charge on any atom is 0.331 e. The standard InChI is InChI=1S/C27H20F2N6O3/c28-19-8-4-2-6-17(19)15-35-23(21-10-12-38-33-21)13-22(32-35)25-30-14-20(29)26(31-25)34-11-9-16-5-1-3-7-18(16)24(34)27(36)37/h1-8,10,12-14,24H,9,11,15H2,(H,36,37)/t24-/m0/s1. The second-order valence-electron chi connectivity index (χ2n) is 8.80. The molecule has 190 valence electrons. The smallest absolute Gasteiger partial charge is 0.331 e. The molecular formula is C27H20F2N6O3. The van der Waals surface area contributed by atoms with Gasteiger partial charge in [-0.1, -0.05) is 47.6 Å². The monoisotopic (exact) mass is 514 g/mol. The summed E-state index contributed by atoms with van der Waals surface area (Å²) in [5, 5.41) is 18.6. The molecular weight excluding hydrogens is 494 g/mol. The van der Waals surface area contributed by atoms with Crippen LogP contribution in [-0.4, -0.2) is 42.5 Å². The van der Waals surface area contributed by atoms with Crippen LogP contribution in [0.2, 0.25) is 0 Å². The van der Waals surface area contributed by atoms with Gasteiger partial charge >= 0.3 is 5.97 Å². The minimum atomic E-state index is -1.11. The molecule has 38 heavy (non-hydrogen) atoms. The Kier molecular flexibility index (Phi) is 5.87. The maximum absolute atomic E-state index is 15.1. The van der Waals surface area contributed by atoms with Crippen molar-refractivity contribution in [3.63, 3.8) is 0 Å². The first-order chi connectivity index (χ1) is 18.5. The molecule has 11 heteroatoms. The predicted molar refractivity (Wildman–Crippen MR) is 132 cm³/mol. The van der Waals surface area contributed by atoms with Crippen LogP contribution in [-0.2, 0) is 17.8 Å². The Morgan fingerprint density at radius 1 is 1.05 bits per heavy atom. The van der Waals surface area contributed by atoms with Gasteiger partial charge in [0, 0.05) is 18.2 Å². The van der Waals surface area contributed by atoms with E-state index in [1.807, 2.05) is 12.1 Å². The molecule has 0 saturated heterocycles. The summed E-state index contributed by atoms with van der Waals surface area (Å²) < 4.78 is 36.0. The molecule has 9 nitrogen and oxygen atoms in total. The topological polar surface area (TPSA) is 110 Å².